The quantitative estimate of drug-likeness (QED) is 0.722. The van der Waals surface area contributed by atoms with E-state index in [2.05, 4.69) is 10.6 Å². The molecule has 0 unspecified atom stereocenters. The van der Waals surface area contributed by atoms with Crippen molar-refractivity contribution in [2.45, 2.75) is 33.1 Å². The smallest absolute Gasteiger partial charge is 0.257 e. The van der Waals surface area contributed by atoms with Crippen LogP contribution in [-0.2, 0) is 12.8 Å². The molecule has 25 heavy (non-hydrogen) atoms. The Labute approximate surface area is 155 Å². The predicted molar refractivity (Wildman–Crippen MR) is 104 cm³/mol. The van der Waals surface area contributed by atoms with Crippen LogP contribution in [0.5, 0.6) is 0 Å². The molecule has 4 N–H and O–H groups in total. The molecule has 1 aromatic heterocycles. The van der Waals surface area contributed by atoms with Crippen molar-refractivity contribution >= 4 is 45.5 Å². The number of hydrogen-bond donors (Lipinski definition) is 3. The number of anilines is 1. The number of thiocarbonyl (C=S) groups is 1. The van der Waals surface area contributed by atoms with Gasteiger partial charge in [-0.05, 0) is 62.5 Å². The fourth-order valence-electron chi connectivity index (χ4n) is 3.13. The minimum atomic E-state index is -0.467. The summed E-state index contributed by atoms with van der Waals surface area (Å²) in [6.07, 6.45) is 2.84. The second-order valence-corrected chi connectivity index (χ2v) is 7.67. The van der Waals surface area contributed by atoms with E-state index in [0.29, 0.717) is 16.1 Å². The highest BCUT2D eigenvalue weighted by molar-refractivity contribution is 7.80. The van der Waals surface area contributed by atoms with Crippen molar-refractivity contribution < 1.29 is 9.59 Å². The minimum absolute atomic E-state index is 0.160. The average Bonchev–Trinajstić information content (AvgIpc) is 3.06. The van der Waals surface area contributed by atoms with Gasteiger partial charge in [0.2, 0.25) is 0 Å². The monoisotopic (exact) mass is 373 g/mol. The van der Waals surface area contributed by atoms with Gasteiger partial charge in [-0.3, -0.25) is 14.9 Å². The molecule has 1 aliphatic carbocycles. The lowest BCUT2D eigenvalue weighted by Crippen LogP contribution is -2.34. The number of rotatable bonds is 3. The van der Waals surface area contributed by atoms with E-state index >= 15 is 0 Å². The fourth-order valence-corrected chi connectivity index (χ4v) is 4.68. The summed E-state index contributed by atoms with van der Waals surface area (Å²) in [6, 6.07) is 5.60. The Hall–Kier alpha value is -2.25. The van der Waals surface area contributed by atoms with Gasteiger partial charge in [-0.1, -0.05) is 17.7 Å². The summed E-state index contributed by atoms with van der Waals surface area (Å²) in [4.78, 5) is 25.4. The van der Waals surface area contributed by atoms with Crippen LogP contribution in [0.4, 0.5) is 5.00 Å². The van der Waals surface area contributed by atoms with Crippen LogP contribution in [0.25, 0.3) is 0 Å². The number of thiophene rings is 1. The zero-order valence-electron chi connectivity index (χ0n) is 14.1. The maximum absolute atomic E-state index is 12.4. The van der Waals surface area contributed by atoms with Crippen molar-refractivity contribution in [3.63, 3.8) is 0 Å². The molecule has 2 amide bonds. The lowest BCUT2D eigenvalue weighted by atomic mass is 10.1. The molecule has 3 rings (SSSR count). The molecule has 0 bridgehead atoms. The van der Waals surface area contributed by atoms with E-state index in [1.54, 1.807) is 6.07 Å². The van der Waals surface area contributed by atoms with Crippen molar-refractivity contribution in [3.05, 3.63) is 50.9 Å². The SMILES string of the molecule is Cc1ccc(C(=O)NC(=S)Nc2sc3c(c2C(N)=O)CCC3)c(C)c1. The Morgan fingerprint density at radius 2 is 2.00 bits per heavy atom. The molecule has 130 valence electrons. The van der Waals surface area contributed by atoms with Crippen LogP contribution in [0, 0.1) is 13.8 Å². The number of carbonyl (C=O) groups excluding carboxylic acids is 2. The van der Waals surface area contributed by atoms with Crippen molar-refractivity contribution in [2.24, 2.45) is 5.73 Å². The van der Waals surface area contributed by atoms with Gasteiger partial charge in [0.1, 0.15) is 5.00 Å². The number of primary amides is 1. The molecule has 0 saturated carbocycles. The van der Waals surface area contributed by atoms with E-state index in [1.165, 1.54) is 16.2 Å². The van der Waals surface area contributed by atoms with Crippen LogP contribution in [0.2, 0.25) is 0 Å². The fraction of sp³-hybridized carbons (Fsp3) is 0.278. The van der Waals surface area contributed by atoms with Crippen molar-refractivity contribution in [3.8, 4) is 0 Å². The highest BCUT2D eigenvalue weighted by Crippen LogP contribution is 2.38. The summed E-state index contributed by atoms with van der Waals surface area (Å²) >= 11 is 6.73. The lowest BCUT2D eigenvalue weighted by molar-refractivity contribution is 0.0975. The first-order valence-electron chi connectivity index (χ1n) is 8.00. The zero-order valence-corrected chi connectivity index (χ0v) is 15.7. The first-order valence-corrected chi connectivity index (χ1v) is 9.23. The average molecular weight is 374 g/mol. The number of amides is 2. The Morgan fingerprint density at radius 3 is 2.68 bits per heavy atom. The zero-order chi connectivity index (χ0) is 18.1. The van der Waals surface area contributed by atoms with Gasteiger partial charge in [0.25, 0.3) is 11.8 Å². The van der Waals surface area contributed by atoms with Gasteiger partial charge in [-0.15, -0.1) is 11.3 Å². The molecule has 7 heteroatoms. The largest absolute Gasteiger partial charge is 0.365 e. The highest BCUT2D eigenvalue weighted by atomic mass is 32.1. The number of fused-ring (bicyclic) bond motifs is 1. The Bertz CT molecular complexity index is 887. The maximum atomic E-state index is 12.4. The van der Waals surface area contributed by atoms with E-state index in [4.69, 9.17) is 18.0 Å². The van der Waals surface area contributed by atoms with Gasteiger partial charge in [0, 0.05) is 10.4 Å². The van der Waals surface area contributed by atoms with E-state index in [9.17, 15) is 9.59 Å². The van der Waals surface area contributed by atoms with Crippen LogP contribution in [-0.4, -0.2) is 16.9 Å². The number of carbonyl (C=O) groups is 2. The highest BCUT2D eigenvalue weighted by Gasteiger charge is 2.25. The van der Waals surface area contributed by atoms with Gasteiger partial charge in [-0.25, -0.2) is 0 Å². The number of nitrogens with two attached hydrogens (primary N) is 1. The summed E-state index contributed by atoms with van der Waals surface area (Å²) in [7, 11) is 0. The second kappa shape index (κ2) is 6.93. The minimum Gasteiger partial charge on any atom is -0.365 e. The third kappa shape index (κ3) is 3.57. The first kappa shape index (κ1) is 17.6. The molecule has 0 aliphatic heterocycles. The van der Waals surface area contributed by atoms with Gasteiger partial charge in [0.15, 0.2) is 5.11 Å². The number of aryl methyl sites for hydroxylation is 3. The summed E-state index contributed by atoms with van der Waals surface area (Å²) in [6.45, 7) is 3.86. The van der Waals surface area contributed by atoms with E-state index < -0.39 is 5.91 Å². The van der Waals surface area contributed by atoms with Crippen LogP contribution in [0.1, 0.15) is 48.7 Å². The van der Waals surface area contributed by atoms with E-state index in [1.807, 2.05) is 26.0 Å². The molecule has 0 fully saturated rings. The van der Waals surface area contributed by atoms with E-state index in [0.717, 1.165) is 36.0 Å². The molecule has 0 atom stereocenters. The van der Waals surface area contributed by atoms with Gasteiger partial charge in [-0.2, -0.15) is 0 Å². The van der Waals surface area contributed by atoms with E-state index in [-0.39, 0.29) is 11.0 Å². The van der Waals surface area contributed by atoms with Crippen LogP contribution in [0.3, 0.4) is 0 Å². The first-order chi connectivity index (χ1) is 11.9. The summed E-state index contributed by atoms with van der Waals surface area (Å²) in [5, 5.41) is 6.42. The third-order valence-corrected chi connectivity index (χ3v) is 5.66. The van der Waals surface area contributed by atoms with Crippen molar-refractivity contribution in [1.29, 1.82) is 0 Å². The van der Waals surface area contributed by atoms with Gasteiger partial charge in [0.05, 0.1) is 5.56 Å². The second-order valence-electron chi connectivity index (χ2n) is 6.15. The van der Waals surface area contributed by atoms with Crippen LogP contribution in [0.15, 0.2) is 18.2 Å². The molecular formula is C18H19N3O2S2. The van der Waals surface area contributed by atoms with Crippen LogP contribution < -0.4 is 16.4 Å². The summed E-state index contributed by atoms with van der Waals surface area (Å²) in [5.74, 6) is -0.745. The standard InChI is InChI=1S/C18H19N3O2S2/c1-9-6-7-11(10(2)8-9)16(23)20-18(24)21-17-14(15(19)22)12-4-3-5-13(12)25-17/h6-8H,3-5H2,1-2H3,(H2,19,22)(H2,20,21,23,24). The summed E-state index contributed by atoms with van der Waals surface area (Å²) in [5.41, 5.74) is 9.59. The Morgan fingerprint density at radius 1 is 1.24 bits per heavy atom. The molecule has 1 aromatic carbocycles. The lowest BCUT2D eigenvalue weighted by Gasteiger charge is -2.11. The Balaban J connectivity index is 1.75. The van der Waals surface area contributed by atoms with Gasteiger partial charge >= 0.3 is 0 Å². The third-order valence-electron chi connectivity index (χ3n) is 4.25. The van der Waals surface area contributed by atoms with Crippen molar-refractivity contribution in [2.75, 3.05) is 5.32 Å². The molecule has 0 saturated heterocycles. The molecule has 0 spiro atoms. The Kier molecular flexibility index (Phi) is 4.87. The number of hydrogen-bond acceptors (Lipinski definition) is 4. The maximum Gasteiger partial charge on any atom is 0.257 e. The molecule has 0 radical (unpaired) electrons. The molecule has 1 aliphatic rings. The molecule has 5 nitrogen and oxygen atoms in total. The van der Waals surface area contributed by atoms with Crippen molar-refractivity contribution in [1.82, 2.24) is 5.32 Å². The van der Waals surface area contributed by atoms with Crippen LogP contribution >= 0.6 is 23.6 Å². The number of benzene rings is 1. The topological polar surface area (TPSA) is 84.2 Å². The van der Waals surface area contributed by atoms with Gasteiger partial charge < -0.3 is 11.1 Å². The normalized spacial score (nSPS) is 12.6. The number of nitrogens with one attached hydrogen (secondary N) is 2. The summed E-state index contributed by atoms with van der Waals surface area (Å²) < 4.78 is 0. The molecule has 2 aromatic rings. The molecular weight excluding hydrogens is 354 g/mol. The molecule has 1 heterocycles. The predicted octanol–water partition coefficient (Wildman–Crippen LogP) is 3.08.